The van der Waals surface area contributed by atoms with Crippen molar-refractivity contribution in [2.75, 3.05) is 0 Å². The third kappa shape index (κ3) is 2.98. The zero-order chi connectivity index (χ0) is 13.0. The lowest BCUT2D eigenvalue weighted by Gasteiger charge is -2.12. The Morgan fingerprint density at radius 1 is 1.44 bits per heavy atom. The second-order valence-electron chi connectivity index (χ2n) is 4.13. The van der Waals surface area contributed by atoms with Crippen LogP contribution in [0.25, 0.3) is 0 Å². The van der Waals surface area contributed by atoms with Gasteiger partial charge in [0, 0.05) is 18.5 Å². The van der Waals surface area contributed by atoms with Gasteiger partial charge in [0.1, 0.15) is 11.8 Å². The number of hydrogen-bond donors (Lipinski definition) is 4. The molecule has 1 aliphatic heterocycles. The normalized spacial score (nSPS) is 18.4. The second-order valence-corrected chi connectivity index (χ2v) is 4.13. The minimum Gasteiger partial charge on any atom is -0.508 e. The van der Waals surface area contributed by atoms with Crippen molar-refractivity contribution in [2.24, 2.45) is 0 Å². The molecular weight excluding hydrogens is 234 g/mol. The molecule has 1 aromatic rings. The quantitative estimate of drug-likeness (QED) is 0.556. The largest absolute Gasteiger partial charge is 0.508 e. The van der Waals surface area contributed by atoms with Gasteiger partial charge in [-0.15, -0.1) is 0 Å². The van der Waals surface area contributed by atoms with Crippen LogP contribution in [0.4, 0.5) is 0 Å². The third-order valence-corrected chi connectivity index (χ3v) is 2.79. The van der Waals surface area contributed by atoms with Gasteiger partial charge in [-0.25, -0.2) is 5.43 Å². The van der Waals surface area contributed by atoms with E-state index in [0.717, 1.165) is 0 Å². The van der Waals surface area contributed by atoms with E-state index >= 15 is 0 Å². The summed E-state index contributed by atoms with van der Waals surface area (Å²) < 4.78 is 0. The van der Waals surface area contributed by atoms with Crippen molar-refractivity contribution in [1.82, 2.24) is 16.2 Å². The molecule has 18 heavy (non-hydrogen) atoms. The Balaban J connectivity index is 1.77. The fourth-order valence-electron chi connectivity index (χ4n) is 1.78. The summed E-state index contributed by atoms with van der Waals surface area (Å²) in [6, 6.07) is 6.40. The molecule has 1 atom stereocenters. The molecule has 0 bridgehead atoms. The Hall–Kier alpha value is -2.08. The molecular formula is C12H15N3O3. The predicted molar refractivity (Wildman–Crippen MR) is 64.3 cm³/mol. The highest BCUT2D eigenvalue weighted by molar-refractivity contribution is 5.90. The van der Waals surface area contributed by atoms with Crippen LogP contribution in [0.3, 0.4) is 0 Å². The van der Waals surface area contributed by atoms with Crippen LogP contribution >= 0.6 is 0 Å². The summed E-state index contributed by atoms with van der Waals surface area (Å²) in [7, 11) is 0. The van der Waals surface area contributed by atoms with Gasteiger partial charge in [-0.1, -0.05) is 18.2 Å². The smallest absolute Gasteiger partial charge is 0.256 e. The lowest BCUT2D eigenvalue weighted by molar-refractivity contribution is -0.126. The minimum absolute atomic E-state index is 0.101. The molecule has 0 aliphatic carbocycles. The van der Waals surface area contributed by atoms with Crippen LogP contribution in [-0.4, -0.2) is 23.0 Å². The van der Waals surface area contributed by atoms with Crippen LogP contribution < -0.4 is 16.2 Å². The van der Waals surface area contributed by atoms with Gasteiger partial charge in [-0.2, -0.15) is 0 Å². The van der Waals surface area contributed by atoms with Crippen LogP contribution in [0.15, 0.2) is 24.3 Å². The molecule has 0 spiro atoms. The Kier molecular flexibility index (Phi) is 3.78. The molecule has 0 unspecified atom stereocenters. The molecule has 1 aliphatic rings. The third-order valence-electron chi connectivity index (χ3n) is 2.79. The van der Waals surface area contributed by atoms with Crippen LogP contribution in [0.5, 0.6) is 5.75 Å². The van der Waals surface area contributed by atoms with E-state index in [-0.39, 0.29) is 17.6 Å². The molecule has 2 amide bonds. The number of carbonyl (C=O) groups is 2. The molecule has 1 saturated heterocycles. The fraction of sp³-hybridized carbons (Fsp3) is 0.333. The minimum atomic E-state index is -0.464. The van der Waals surface area contributed by atoms with E-state index in [9.17, 15) is 14.7 Å². The summed E-state index contributed by atoms with van der Waals surface area (Å²) in [4.78, 5) is 22.6. The summed E-state index contributed by atoms with van der Waals surface area (Å²) in [6.45, 7) is 0.319. The average molecular weight is 249 g/mol. The zero-order valence-electron chi connectivity index (χ0n) is 9.77. The first-order chi connectivity index (χ1) is 8.66. The van der Waals surface area contributed by atoms with Crippen molar-refractivity contribution in [3.63, 3.8) is 0 Å². The van der Waals surface area contributed by atoms with E-state index in [1.54, 1.807) is 24.3 Å². The number of benzene rings is 1. The SMILES string of the molecule is O=C1CC[C@@H](C(=O)NNCc2ccccc2O)N1. The van der Waals surface area contributed by atoms with Gasteiger partial charge in [-0.3, -0.25) is 15.0 Å². The van der Waals surface area contributed by atoms with E-state index in [1.807, 2.05) is 0 Å². The Bertz CT molecular complexity index is 462. The van der Waals surface area contributed by atoms with Crippen molar-refractivity contribution in [3.05, 3.63) is 29.8 Å². The highest BCUT2D eigenvalue weighted by Crippen LogP contribution is 2.14. The van der Waals surface area contributed by atoms with E-state index in [0.29, 0.717) is 24.9 Å². The number of aromatic hydroxyl groups is 1. The second kappa shape index (κ2) is 5.50. The van der Waals surface area contributed by atoms with E-state index in [1.165, 1.54) is 0 Å². The van der Waals surface area contributed by atoms with Crippen molar-refractivity contribution in [1.29, 1.82) is 0 Å². The molecule has 0 radical (unpaired) electrons. The molecule has 1 fully saturated rings. The molecule has 1 aromatic carbocycles. The molecule has 1 heterocycles. The molecule has 0 saturated carbocycles. The highest BCUT2D eigenvalue weighted by atomic mass is 16.3. The molecule has 96 valence electrons. The molecule has 0 aromatic heterocycles. The summed E-state index contributed by atoms with van der Waals surface area (Å²) >= 11 is 0. The summed E-state index contributed by atoms with van der Waals surface area (Å²) in [5.74, 6) is -0.194. The standard InChI is InChI=1S/C12H15N3O3/c16-10-4-2-1-3-8(10)7-13-15-12(18)9-5-6-11(17)14-9/h1-4,9,13,16H,5-7H2,(H,14,17)(H,15,18)/t9-/m0/s1. The van der Waals surface area contributed by atoms with Gasteiger partial charge in [0.05, 0.1) is 0 Å². The van der Waals surface area contributed by atoms with Crippen molar-refractivity contribution >= 4 is 11.8 Å². The fourth-order valence-corrected chi connectivity index (χ4v) is 1.78. The lowest BCUT2D eigenvalue weighted by atomic mass is 10.2. The first-order valence-corrected chi connectivity index (χ1v) is 5.76. The lowest BCUT2D eigenvalue weighted by Crippen LogP contribution is -2.47. The van der Waals surface area contributed by atoms with E-state index < -0.39 is 6.04 Å². The summed E-state index contributed by atoms with van der Waals surface area (Å²) in [5, 5.41) is 12.1. The topological polar surface area (TPSA) is 90.5 Å². The van der Waals surface area contributed by atoms with Gasteiger partial charge in [0.2, 0.25) is 5.91 Å². The van der Waals surface area contributed by atoms with Crippen molar-refractivity contribution < 1.29 is 14.7 Å². The maximum atomic E-state index is 11.6. The molecule has 4 N–H and O–H groups in total. The van der Waals surface area contributed by atoms with Crippen molar-refractivity contribution in [3.8, 4) is 5.75 Å². The van der Waals surface area contributed by atoms with Crippen LogP contribution in [0, 0.1) is 0 Å². The first kappa shape index (κ1) is 12.4. The van der Waals surface area contributed by atoms with Gasteiger partial charge < -0.3 is 10.4 Å². The van der Waals surface area contributed by atoms with Crippen LogP contribution in [0.2, 0.25) is 0 Å². The van der Waals surface area contributed by atoms with Gasteiger partial charge >= 0.3 is 0 Å². The van der Waals surface area contributed by atoms with E-state index in [4.69, 9.17) is 0 Å². The molecule has 2 rings (SSSR count). The predicted octanol–water partition coefficient (Wildman–Crippen LogP) is -0.208. The first-order valence-electron chi connectivity index (χ1n) is 5.76. The maximum absolute atomic E-state index is 11.6. The number of amides is 2. The number of para-hydroxylation sites is 1. The van der Waals surface area contributed by atoms with Crippen LogP contribution in [-0.2, 0) is 16.1 Å². The Morgan fingerprint density at radius 3 is 2.89 bits per heavy atom. The number of nitrogens with one attached hydrogen (secondary N) is 3. The highest BCUT2D eigenvalue weighted by Gasteiger charge is 2.26. The maximum Gasteiger partial charge on any atom is 0.256 e. The number of phenols is 1. The molecule has 6 nitrogen and oxygen atoms in total. The Morgan fingerprint density at radius 2 is 2.22 bits per heavy atom. The van der Waals surface area contributed by atoms with Gasteiger partial charge in [0.15, 0.2) is 0 Å². The number of hydrogen-bond acceptors (Lipinski definition) is 4. The van der Waals surface area contributed by atoms with Crippen molar-refractivity contribution in [2.45, 2.75) is 25.4 Å². The summed E-state index contributed by atoms with van der Waals surface area (Å²) in [6.07, 6.45) is 0.903. The number of carbonyl (C=O) groups excluding carboxylic acids is 2. The number of rotatable bonds is 4. The van der Waals surface area contributed by atoms with Gasteiger partial charge in [0.25, 0.3) is 5.91 Å². The van der Waals surface area contributed by atoms with Gasteiger partial charge in [-0.05, 0) is 12.5 Å². The zero-order valence-corrected chi connectivity index (χ0v) is 9.77. The summed E-state index contributed by atoms with van der Waals surface area (Å²) in [5.41, 5.74) is 5.92. The number of phenolic OH excluding ortho intramolecular Hbond substituents is 1. The van der Waals surface area contributed by atoms with E-state index in [2.05, 4.69) is 16.2 Å². The van der Waals surface area contributed by atoms with Crippen LogP contribution in [0.1, 0.15) is 18.4 Å². The monoisotopic (exact) mass is 249 g/mol. The Labute approximate surface area is 104 Å². The molecule has 6 heteroatoms. The number of hydrazine groups is 1. The average Bonchev–Trinajstić information content (AvgIpc) is 2.78.